The molecule has 0 fully saturated rings. The predicted molar refractivity (Wildman–Crippen MR) is 77.6 cm³/mol. The van der Waals surface area contributed by atoms with Crippen LogP contribution in [0.4, 0.5) is 0 Å². The topological polar surface area (TPSA) is 84.2 Å². The first-order valence-electron chi connectivity index (χ1n) is 6.11. The molecule has 1 aromatic rings. The van der Waals surface area contributed by atoms with Crippen molar-refractivity contribution in [2.45, 2.75) is 19.4 Å². The molecule has 5 nitrogen and oxygen atoms in total. The van der Waals surface area contributed by atoms with E-state index in [4.69, 9.17) is 5.73 Å². The molecule has 0 aliphatic carbocycles. The van der Waals surface area contributed by atoms with Crippen molar-refractivity contribution in [1.82, 2.24) is 10.9 Å². The third kappa shape index (κ3) is 6.26. The van der Waals surface area contributed by atoms with Crippen LogP contribution >= 0.6 is 11.8 Å². The number of nitrogens with two attached hydrogens (primary N) is 1. The molecule has 2 amide bonds. The summed E-state index contributed by atoms with van der Waals surface area (Å²) in [4.78, 5) is 23.1. The third-order valence-corrected chi connectivity index (χ3v) is 3.57. The molecule has 1 unspecified atom stereocenters. The van der Waals surface area contributed by atoms with Gasteiger partial charge in [-0.2, -0.15) is 11.8 Å². The number of carbonyl (C=O) groups is 2. The summed E-state index contributed by atoms with van der Waals surface area (Å²) in [6.07, 6.45) is 0.888. The largest absolute Gasteiger partial charge is 0.327 e. The molecule has 0 radical (unpaired) electrons. The molecule has 0 aliphatic rings. The molecule has 0 bridgehead atoms. The summed E-state index contributed by atoms with van der Waals surface area (Å²) in [5, 5.41) is 0. The van der Waals surface area contributed by atoms with Crippen LogP contribution in [-0.2, 0) is 4.79 Å². The lowest BCUT2D eigenvalue weighted by Gasteiger charge is -2.09. The Morgan fingerprint density at radius 1 is 1.26 bits per heavy atom. The highest BCUT2D eigenvalue weighted by atomic mass is 32.2. The predicted octanol–water partition coefficient (Wildman–Crippen LogP) is 0.918. The van der Waals surface area contributed by atoms with Gasteiger partial charge >= 0.3 is 0 Å². The van der Waals surface area contributed by atoms with E-state index >= 15 is 0 Å². The fraction of sp³-hybridized carbons (Fsp3) is 0.385. The second-order valence-electron chi connectivity index (χ2n) is 4.05. The van der Waals surface area contributed by atoms with Gasteiger partial charge < -0.3 is 5.73 Å². The van der Waals surface area contributed by atoms with Crippen molar-refractivity contribution in [2.75, 3.05) is 11.5 Å². The maximum absolute atomic E-state index is 11.6. The lowest BCUT2D eigenvalue weighted by molar-refractivity contribution is -0.119. The molecule has 4 N–H and O–H groups in total. The molecule has 0 spiro atoms. The summed E-state index contributed by atoms with van der Waals surface area (Å²) < 4.78 is 0. The summed E-state index contributed by atoms with van der Waals surface area (Å²) in [6.45, 7) is 2.01. The zero-order valence-electron chi connectivity index (χ0n) is 10.9. The quantitative estimate of drug-likeness (QED) is 0.677. The van der Waals surface area contributed by atoms with Crippen molar-refractivity contribution in [3.63, 3.8) is 0 Å². The number of hydrogen-bond acceptors (Lipinski definition) is 4. The van der Waals surface area contributed by atoms with Crippen LogP contribution in [0, 0.1) is 0 Å². The Balaban J connectivity index is 2.22. The maximum Gasteiger partial charge on any atom is 0.269 e. The van der Waals surface area contributed by atoms with Gasteiger partial charge in [0, 0.05) is 17.4 Å². The van der Waals surface area contributed by atoms with E-state index in [1.54, 1.807) is 24.3 Å². The van der Waals surface area contributed by atoms with Gasteiger partial charge in [0.15, 0.2) is 0 Å². The number of thioether (sulfide) groups is 1. The van der Waals surface area contributed by atoms with Crippen molar-refractivity contribution in [1.29, 1.82) is 0 Å². The van der Waals surface area contributed by atoms with Crippen LogP contribution in [0.25, 0.3) is 0 Å². The van der Waals surface area contributed by atoms with Gasteiger partial charge in [0.2, 0.25) is 5.91 Å². The fourth-order valence-corrected chi connectivity index (χ4v) is 2.16. The van der Waals surface area contributed by atoms with Crippen molar-refractivity contribution in [3.05, 3.63) is 35.9 Å². The Labute approximate surface area is 117 Å². The standard InChI is InChI=1S/C13H19N3O2S/c1-2-11(14)8-19-9-12(17)15-16-13(18)10-6-4-3-5-7-10/h3-7,11H,2,8-9,14H2,1H3,(H,15,17)(H,16,18). The second-order valence-corrected chi connectivity index (χ2v) is 5.08. The maximum atomic E-state index is 11.6. The first kappa shape index (κ1) is 15.5. The zero-order chi connectivity index (χ0) is 14.1. The molecule has 104 valence electrons. The third-order valence-electron chi connectivity index (χ3n) is 2.44. The average Bonchev–Trinajstić information content (AvgIpc) is 2.45. The summed E-state index contributed by atoms with van der Waals surface area (Å²) in [5.74, 6) is 0.445. The Kier molecular flexibility index (Phi) is 6.99. The van der Waals surface area contributed by atoms with Crippen LogP contribution < -0.4 is 16.6 Å². The van der Waals surface area contributed by atoms with E-state index in [-0.39, 0.29) is 23.6 Å². The smallest absolute Gasteiger partial charge is 0.269 e. The van der Waals surface area contributed by atoms with Crippen molar-refractivity contribution >= 4 is 23.6 Å². The van der Waals surface area contributed by atoms with Gasteiger partial charge in [0.1, 0.15) is 0 Å². The molecule has 1 atom stereocenters. The number of carbonyl (C=O) groups excluding carboxylic acids is 2. The molecule has 6 heteroatoms. The van der Waals surface area contributed by atoms with Crippen LogP contribution in [0.2, 0.25) is 0 Å². The summed E-state index contributed by atoms with van der Waals surface area (Å²) in [7, 11) is 0. The van der Waals surface area contributed by atoms with Gasteiger partial charge in [-0.15, -0.1) is 0 Å². The van der Waals surface area contributed by atoms with Crippen LogP contribution in [0.3, 0.4) is 0 Å². The number of rotatable bonds is 6. The molecule has 0 aromatic heterocycles. The molecule has 1 aromatic carbocycles. The van der Waals surface area contributed by atoms with E-state index in [0.29, 0.717) is 5.56 Å². The van der Waals surface area contributed by atoms with Crippen molar-refractivity contribution in [2.24, 2.45) is 5.73 Å². The molecule has 19 heavy (non-hydrogen) atoms. The van der Waals surface area contributed by atoms with Crippen molar-refractivity contribution in [3.8, 4) is 0 Å². The molecule has 1 rings (SSSR count). The lowest BCUT2D eigenvalue weighted by Crippen LogP contribution is -2.42. The lowest BCUT2D eigenvalue weighted by atomic mass is 10.2. The molecule has 0 saturated heterocycles. The molecule has 0 aliphatic heterocycles. The van der Waals surface area contributed by atoms with Gasteiger partial charge in [-0.3, -0.25) is 20.4 Å². The van der Waals surface area contributed by atoms with Crippen LogP contribution in [-0.4, -0.2) is 29.4 Å². The number of amides is 2. The number of hydrazine groups is 1. The van der Waals surface area contributed by atoms with Crippen LogP contribution in [0.5, 0.6) is 0 Å². The highest BCUT2D eigenvalue weighted by molar-refractivity contribution is 7.99. The van der Waals surface area contributed by atoms with E-state index in [0.717, 1.165) is 12.2 Å². The van der Waals surface area contributed by atoms with E-state index in [9.17, 15) is 9.59 Å². The minimum Gasteiger partial charge on any atom is -0.327 e. The fourth-order valence-electron chi connectivity index (χ4n) is 1.25. The molecule has 0 heterocycles. The molecular weight excluding hydrogens is 262 g/mol. The summed E-state index contributed by atoms with van der Waals surface area (Å²) in [6, 6.07) is 8.81. The number of nitrogens with one attached hydrogen (secondary N) is 2. The van der Waals surface area contributed by atoms with E-state index in [1.807, 2.05) is 13.0 Å². The first-order valence-corrected chi connectivity index (χ1v) is 7.26. The van der Waals surface area contributed by atoms with E-state index < -0.39 is 0 Å². The monoisotopic (exact) mass is 281 g/mol. The van der Waals surface area contributed by atoms with Crippen molar-refractivity contribution < 1.29 is 9.59 Å². The zero-order valence-corrected chi connectivity index (χ0v) is 11.7. The average molecular weight is 281 g/mol. The van der Waals surface area contributed by atoms with Crippen LogP contribution in [0.15, 0.2) is 30.3 Å². The Hall–Kier alpha value is -1.53. The second kappa shape index (κ2) is 8.55. The van der Waals surface area contributed by atoms with E-state index in [1.165, 1.54) is 11.8 Å². The highest BCUT2D eigenvalue weighted by Crippen LogP contribution is 2.03. The Morgan fingerprint density at radius 3 is 2.58 bits per heavy atom. The Morgan fingerprint density at radius 2 is 1.95 bits per heavy atom. The minimum atomic E-state index is -0.329. The van der Waals surface area contributed by atoms with Gasteiger partial charge in [0.05, 0.1) is 5.75 Å². The van der Waals surface area contributed by atoms with Crippen LogP contribution in [0.1, 0.15) is 23.7 Å². The Bertz CT molecular complexity index is 412. The minimum absolute atomic E-state index is 0.108. The number of hydrogen-bond donors (Lipinski definition) is 3. The summed E-state index contributed by atoms with van der Waals surface area (Å²) >= 11 is 1.45. The van der Waals surface area contributed by atoms with Gasteiger partial charge in [0.25, 0.3) is 5.91 Å². The van der Waals surface area contributed by atoms with Gasteiger partial charge in [-0.25, -0.2) is 0 Å². The SMILES string of the molecule is CCC(N)CSCC(=O)NNC(=O)c1ccccc1. The van der Waals surface area contributed by atoms with Gasteiger partial charge in [-0.1, -0.05) is 25.1 Å². The van der Waals surface area contributed by atoms with Gasteiger partial charge in [-0.05, 0) is 18.6 Å². The van der Waals surface area contributed by atoms with E-state index in [2.05, 4.69) is 10.9 Å². The highest BCUT2D eigenvalue weighted by Gasteiger charge is 2.07. The summed E-state index contributed by atoms with van der Waals surface area (Å²) in [5.41, 5.74) is 11.0. The first-order chi connectivity index (χ1) is 9.13. The number of benzene rings is 1. The molecular formula is C13H19N3O2S. The normalized spacial score (nSPS) is 11.7. The molecule has 0 saturated carbocycles.